The summed E-state index contributed by atoms with van der Waals surface area (Å²) in [6.45, 7) is 3.72. The highest BCUT2D eigenvalue weighted by Gasteiger charge is 2.44. The van der Waals surface area contributed by atoms with E-state index in [1.54, 1.807) is 6.08 Å². The molecular weight excluding hydrogens is 707 g/mol. The molecule has 0 aromatic heterocycles. The van der Waals surface area contributed by atoms with Gasteiger partial charge in [-0.05, 0) is 44.9 Å². The van der Waals surface area contributed by atoms with E-state index in [2.05, 4.69) is 43.5 Å². The molecule has 6 N–H and O–H groups in total. The van der Waals surface area contributed by atoms with Crippen molar-refractivity contribution in [2.24, 2.45) is 0 Å². The number of unbranched alkanes of at least 4 members (excludes halogenated alkanes) is 24. The van der Waals surface area contributed by atoms with E-state index in [1.165, 1.54) is 128 Å². The van der Waals surface area contributed by atoms with E-state index in [1.807, 2.05) is 6.08 Å². The van der Waals surface area contributed by atoms with Crippen LogP contribution in [0.3, 0.4) is 0 Å². The Morgan fingerprint density at radius 1 is 0.589 bits per heavy atom. The van der Waals surface area contributed by atoms with E-state index in [0.717, 1.165) is 51.4 Å². The minimum Gasteiger partial charge on any atom is -0.394 e. The molecule has 0 radical (unpaired) electrons. The lowest BCUT2D eigenvalue weighted by Crippen LogP contribution is -2.60. The second kappa shape index (κ2) is 37.7. The van der Waals surface area contributed by atoms with Gasteiger partial charge in [0.2, 0.25) is 5.91 Å². The fourth-order valence-corrected chi connectivity index (χ4v) is 7.19. The van der Waals surface area contributed by atoms with E-state index in [0.29, 0.717) is 6.42 Å². The Morgan fingerprint density at radius 3 is 1.50 bits per heavy atom. The van der Waals surface area contributed by atoms with Crippen LogP contribution in [0.5, 0.6) is 0 Å². The van der Waals surface area contributed by atoms with E-state index < -0.39 is 49.5 Å². The summed E-state index contributed by atoms with van der Waals surface area (Å²) < 4.78 is 11.2. The average molecular weight is 794 g/mol. The molecule has 1 amide bonds. The van der Waals surface area contributed by atoms with Crippen molar-refractivity contribution < 1.29 is 39.8 Å². The fourth-order valence-electron chi connectivity index (χ4n) is 7.19. The molecule has 1 saturated heterocycles. The smallest absolute Gasteiger partial charge is 0.220 e. The highest BCUT2D eigenvalue weighted by atomic mass is 16.7. The standard InChI is InChI=1S/C47H87NO8/c1-3-5-7-9-11-13-15-17-18-19-20-21-22-23-25-27-29-31-33-35-37-43(51)48-40(39-55-47-46(54)45(53)44(52)42(38-49)56-47)41(50)36-34-32-30-28-26-24-16-14-12-10-8-6-4-2/h12,14,26,28,34,36,40-42,44-47,49-50,52-54H,3-11,13,15-25,27,29-33,35,37-39H2,1-2H3,(H,48,51)/b14-12+,28-26+,36-34+. The van der Waals surface area contributed by atoms with Crippen molar-refractivity contribution in [1.82, 2.24) is 5.32 Å². The van der Waals surface area contributed by atoms with Crippen molar-refractivity contribution in [3.63, 3.8) is 0 Å². The molecule has 328 valence electrons. The zero-order valence-corrected chi connectivity index (χ0v) is 35.9. The number of aliphatic hydroxyl groups is 5. The van der Waals surface area contributed by atoms with Gasteiger partial charge < -0.3 is 40.3 Å². The zero-order valence-electron chi connectivity index (χ0n) is 35.9. The maximum Gasteiger partial charge on any atom is 0.220 e. The van der Waals surface area contributed by atoms with Crippen LogP contribution in [-0.2, 0) is 14.3 Å². The van der Waals surface area contributed by atoms with Crippen LogP contribution in [0.2, 0.25) is 0 Å². The SMILES string of the molecule is CCCCC/C=C/CC/C=C/CC/C=C/C(O)C(COC1OC(CO)C(O)C(O)C1O)NC(=O)CCCCCCCCCCCCCCCCCCCCCC. The zero-order chi connectivity index (χ0) is 40.9. The summed E-state index contributed by atoms with van der Waals surface area (Å²) in [6.07, 6.45) is 39.1. The number of carbonyl (C=O) groups excluding carboxylic acids is 1. The van der Waals surface area contributed by atoms with Crippen LogP contribution < -0.4 is 5.32 Å². The maximum atomic E-state index is 12.9. The quantitative estimate of drug-likeness (QED) is 0.0268. The van der Waals surface area contributed by atoms with Crippen LogP contribution in [0.25, 0.3) is 0 Å². The predicted octanol–water partition coefficient (Wildman–Crippen LogP) is 9.67. The van der Waals surface area contributed by atoms with Gasteiger partial charge in [0.05, 0.1) is 25.4 Å². The normalized spacial score (nSPS) is 21.4. The van der Waals surface area contributed by atoms with Crippen LogP contribution >= 0.6 is 0 Å². The molecule has 0 aromatic carbocycles. The van der Waals surface area contributed by atoms with Crippen LogP contribution in [0.1, 0.15) is 200 Å². The van der Waals surface area contributed by atoms with Gasteiger partial charge in [0.1, 0.15) is 24.4 Å². The van der Waals surface area contributed by atoms with E-state index in [4.69, 9.17) is 9.47 Å². The van der Waals surface area contributed by atoms with Gasteiger partial charge in [0.25, 0.3) is 0 Å². The summed E-state index contributed by atoms with van der Waals surface area (Å²) in [4.78, 5) is 12.9. The number of rotatable bonds is 38. The molecule has 0 spiro atoms. The minimum atomic E-state index is -1.57. The molecule has 1 aliphatic heterocycles. The largest absolute Gasteiger partial charge is 0.394 e. The third-order valence-corrected chi connectivity index (χ3v) is 10.9. The van der Waals surface area contributed by atoms with Crippen LogP contribution in [0, 0.1) is 0 Å². The summed E-state index contributed by atoms with van der Waals surface area (Å²) in [5.41, 5.74) is 0. The molecule has 1 rings (SSSR count). The lowest BCUT2D eigenvalue weighted by Gasteiger charge is -2.40. The molecule has 1 heterocycles. The third kappa shape index (κ3) is 27.9. The van der Waals surface area contributed by atoms with Gasteiger partial charge in [-0.3, -0.25) is 4.79 Å². The molecule has 7 unspecified atom stereocenters. The Balaban J connectivity index is 2.33. The molecule has 0 bridgehead atoms. The molecule has 56 heavy (non-hydrogen) atoms. The first-order chi connectivity index (χ1) is 27.3. The Morgan fingerprint density at radius 2 is 1.02 bits per heavy atom. The van der Waals surface area contributed by atoms with Crippen molar-refractivity contribution in [1.29, 1.82) is 0 Å². The van der Waals surface area contributed by atoms with Gasteiger partial charge in [0, 0.05) is 6.42 Å². The van der Waals surface area contributed by atoms with Crippen molar-refractivity contribution in [3.05, 3.63) is 36.5 Å². The number of amides is 1. The molecule has 9 heteroatoms. The topological polar surface area (TPSA) is 149 Å². The highest BCUT2D eigenvalue weighted by Crippen LogP contribution is 2.22. The Kier molecular flexibility index (Phi) is 35.3. The van der Waals surface area contributed by atoms with Gasteiger partial charge >= 0.3 is 0 Å². The van der Waals surface area contributed by atoms with Gasteiger partial charge in [0.15, 0.2) is 6.29 Å². The van der Waals surface area contributed by atoms with Crippen LogP contribution in [0.15, 0.2) is 36.5 Å². The molecule has 0 saturated carbocycles. The summed E-state index contributed by atoms with van der Waals surface area (Å²) in [6, 6.07) is -0.823. The first-order valence-electron chi connectivity index (χ1n) is 23.2. The first-order valence-corrected chi connectivity index (χ1v) is 23.2. The summed E-state index contributed by atoms with van der Waals surface area (Å²) >= 11 is 0. The molecule has 1 fully saturated rings. The lowest BCUT2D eigenvalue weighted by atomic mass is 9.99. The monoisotopic (exact) mass is 794 g/mol. The van der Waals surface area contributed by atoms with Gasteiger partial charge in [-0.25, -0.2) is 0 Å². The minimum absolute atomic E-state index is 0.190. The van der Waals surface area contributed by atoms with Crippen molar-refractivity contribution in [2.45, 2.75) is 243 Å². The number of ether oxygens (including phenoxy) is 2. The second-order valence-corrected chi connectivity index (χ2v) is 16.2. The molecule has 9 nitrogen and oxygen atoms in total. The van der Waals surface area contributed by atoms with Gasteiger partial charge in [-0.1, -0.05) is 185 Å². The Labute approximate surface area is 342 Å². The first kappa shape index (κ1) is 52.4. The Bertz CT molecular complexity index is 972. The highest BCUT2D eigenvalue weighted by molar-refractivity contribution is 5.76. The lowest BCUT2D eigenvalue weighted by molar-refractivity contribution is -0.302. The molecule has 0 aromatic rings. The molecule has 1 aliphatic rings. The summed E-state index contributed by atoms with van der Waals surface area (Å²) in [7, 11) is 0. The molecular formula is C47H87NO8. The number of hydrogen-bond acceptors (Lipinski definition) is 8. The maximum absolute atomic E-state index is 12.9. The number of aliphatic hydroxyl groups excluding tert-OH is 5. The summed E-state index contributed by atoms with van der Waals surface area (Å²) in [5, 5.41) is 54.1. The van der Waals surface area contributed by atoms with E-state index in [-0.39, 0.29) is 12.5 Å². The number of nitrogens with one attached hydrogen (secondary N) is 1. The number of hydrogen-bond donors (Lipinski definition) is 6. The second-order valence-electron chi connectivity index (χ2n) is 16.2. The van der Waals surface area contributed by atoms with Gasteiger partial charge in [-0.2, -0.15) is 0 Å². The molecule has 7 atom stereocenters. The fraction of sp³-hybridized carbons (Fsp3) is 0.851. The number of allylic oxidation sites excluding steroid dienone is 5. The number of carbonyl (C=O) groups is 1. The Hall–Kier alpha value is -1.59. The molecule has 0 aliphatic carbocycles. The van der Waals surface area contributed by atoms with Crippen molar-refractivity contribution in [2.75, 3.05) is 13.2 Å². The van der Waals surface area contributed by atoms with Crippen molar-refractivity contribution in [3.8, 4) is 0 Å². The average Bonchev–Trinajstić information content (AvgIpc) is 3.20. The third-order valence-electron chi connectivity index (χ3n) is 10.9. The predicted molar refractivity (Wildman–Crippen MR) is 230 cm³/mol. The van der Waals surface area contributed by atoms with Crippen LogP contribution in [-0.4, -0.2) is 87.5 Å². The van der Waals surface area contributed by atoms with E-state index >= 15 is 0 Å². The van der Waals surface area contributed by atoms with Gasteiger partial charge in [-0.15, -0.1) is 0 Å². The summed E-state index contributed by atoms with van der Waals surface area (Å²) in [5.74, 6) is -0.190. The van der Waals surface area contributed by atoms with E-state index in [9.17, 15) is 30.3 Å². The van der Waals surface area contributed by atoms with Crippen molar-refractivity contribution >= 4 is 5.91 Å². The van der Waals surface area contributed by atoms with Crippen LogP contribution in [0.4, 0.5) is 0 Å².